The maximum Gasteiger partial charge on any atom is 0.310 e. The van der Waals surface area contributed by atoms with Crippen LogP contribution in [0.2, 0.25) is 10.0 Å². The molecule has 0 aliphatic rings. The van der Waals surface area contributed by atoms with E-state index in [1.165, 1.54) is 0 Å². The Bertz CT molecular complexity index is 769. The molecule has 0 heterocycles. The van der Waals surface area contributed by atoms with E-state index in [0.29, 0.717) is 28.8 Å². The second-order valence-electron chi connectivity index (χ2n) is 6.28. The highest BCUT2D eigenvalue weighted by molar-refractivity contribution is 6.39. The van der Waals surface area contributed by atoms with Crippen LogP contribution in [0.1, 0.15) is 31.2 Å². The van der Waals surface area contributed by atoms with Crippen molar-refractivity contribution in [3.05, 3.63) is 58.1 Å². The van der Waals surface area contributed by atoms with Gasteiger partial charge in [-0.1, -0.05) is 53.9 Å². The lowest BCUT2D eigenvalue weighted by Crippen LogP contribution is -2.15. The largest absolute Gasteiger partial charge is 0.465 e. The van der Waals surface area contributed by atoms with E-state index in [1.807, 2.05) is 24.3 Å². The first-order valence-corrected chi connectivity index (χ1v) is 9.98. The molecule has 0 atom stereocenters. The fraction of sp³-hybridized carbons (Fsp3) is 0.350. The zero-order chi connectivity index (χ0) is 21.1. The second kappa shape index (κ2) is 12.6. The van der Waals surface area contributed by atoms with Crippen LogP contribution in [0.4, 0.5) is 11.4 Å². The first-order valence-electron chi connectivity index (χ1n) is 9.22. The van der Waals surface area contributed by atoms with E-state index >= 15 is 0 Å². The zero-order valence-electron chi connectivity index (χ0n) is 15.8. The van der Waals surface area contributed by atoms with Gasteiger partial charge in [-0.2, -0.15) is 0 Å². The van der Waals surface area contributed by atoms with Crippen molar-refractivity contribution in [1.82, 2.24) is 5.39 Å². The van der Waals surface area contributed by atoms with E-state index < -0.39 is 0 Å². The summed E-state index contributed by atoms with van der Waals surface area (Å²) in [6, 6.07) is 12.7. The van der Waals surface area contributed by atoms with Gasteiger partial charge in [-0.15, -0.1) is 0 Å². The second-order valence-corrected chi connectivity index (χ2v) is 7.09. The highest BCUT2D eigenvalue weighted by Gasteiger charge is 2.12. The molecule has 0 fully saturated rings. The Morgan fingerprint density at radius 2 is 1.59 bits per heavy atom. The maximum atomic E-state index is 12.2. The van der Waals surface area contributed by atoms with Crippen LogP contribution in [0.15, 0.2) is 42.5 Å². The normalized spacial score (nSPS) is 10.9. The number of hydrogen-bond acceptors (Lipinski definition) is 7. The predicted octanol–water partition coefficient (Wildman–Crippen LogP) is 5.40. The average molecular weight is 443 g/mol. The van der Waals surface area contributed by atoms with Gasteiger partial charge in [0.2, 0.25) is 0 Å². The smallest absolute Gasteiger partial charge is 0.310 e. The van der Waals surface area contributed by atoms with Crippen molar-refractivity contribution in [1.29, 1.82) is 0 Å². The summed E-state index contributed by atoms with van der Waals surface area (Å²) in [6.07, 6.45) is 3.20. The van der Waals surface area contributed by atoms with Gasteiger partial charge in [0.15, 0.2) is 0 Å². The fourth-order valence-electron chi connectivity index (χ4n) is 2.64. The molecule has 9 heteroatoms. The lowest BCUT2D eigenvalue weighted by Gasteiger charge is -2.14. The predicted molar refractivity (Wildman–Crippen MR) is 111 cm³/mol. The Hall–Kier alpha value is -1.87. The third-order valence-electron chi connectivity index (χ3n) is 4.08. The monoisotopic (exact) mass is 442 g/mol. The summed E-state index contributed by atoms with van der Waals surface area (Å²) in [6.45, 7) is 0.545. The van der Waals surface area contributed by atoms with Gasteiger partial charge in [-0.3, -0.25) is 20.0 Å². The standard InChI is InChI=1S/C20H24Cl2N2O5/c21-16-9-7-10-17(22)20(16)23-18-11-4-3-8-15(18)14-19(25)28-12-5-1-2-6-13-29-24(26)27/h3-4,7-11,23,26-27H,1-2,5-6,12-14H2. The summed E-state index contributed by atoms with van der Waals surface area (Å²) < 4.78 is 5.31. The minimum Gasteiger partial charge on any atom is -0.465 e. The molecule has 2 rings (SSSR count). The number of halogens is 2. The quantitative estimate of drug-likeness (QED) is 0.230. The number of benzene rings is 2. The average Bonchev–Trinajstić information content (AvgIpc) is 2.68. The topological polar surface area (TPSA) is 91.3 Å². The van der Waals surface area contributed by atoms with Gasteiger partial charge in [0, 0.05) is 5.69 Å². The number of rotatable bonds is 12. The summed E-state index contributed by atoms with van der Waals surface area (Å²) in [5, 5.41) is 20.7. The van der Waals surface area contributed by atoms with Gasteiger partial charge in [-0.05, 0) is 43.0 Å². The molecular weight excluding hydrogens is 419 g/mol. The van der Waals surface area contributed by atoms with Crippen LogP contribution < -0.4 is 5.32 Å². The zero-order valence-corrected chi connectivity index (χ0v) is 17.3. The van der Waals surface area contributed by atoms with Crippen molar-refractivity contribution in [3.63, 3.8) is 0 Å². The summed E-state index contributed by atoms with van der Waals surface area (Å²) in [4.78, 5) is 16.6. The Balaban J connectivity index is 1.78. The molecule has 0 aromatic heterocycles. The van der Waals surface area contributed by atoms with Gasteiger partial charge in [-0.25, -0.2) is 0 Å². The molecule has 0 aliphatic heterocycles. The van der Waals surface area contributed by atoms with Crippen molar-refractivity contribution in [2.75, 3.05) is 18.5 Å². The van der Waals surface area contributed by atoms with Gasteiger partial charge in [0.05, 0.1) is 40.8 Å². The number of unbranched alkanes of at least 4 members (excludes halogenated alkanes) is 3. The molecule has 3 N–H and O–H groups in total. The third-order valence-corrected chi connectivity index (χ3v) is 4.71. The summed E-state index contributed by atoms with van der Waals surface area (Å²) in [5.41, 5.74) is 2.11. The highest BCUT2D eigenvalue weighted by atomic mass is 35.5. The highest BCUT2D eigenvalue weighted by Crippen LogP contribution is 2.33. The van der Waals surface area contributed by atoms with Crippen molar-refractivity contribution >= 4 is 40.5 Å². The minimum absolute atomic E-state index is 0.127. The van der Waals surface area contributed by atoms with Gasteiger partial charge < -0.3 is 10.1 Å². The van der Waals surface area contributed by atoms with Crippen LogP contribution in [0, 0.1) is 0 Å². The van der Waals surface area contributed by atoms with Crippen molar-refractivity contribution in [3.8, 4) is 0 Å². The minimum atomic E-state index is -0.316. The lowest BCUT2D eigenvalue weighted by molar-refractivity contribution is -0.492. The van der Waals surface area contributed by atoms with Crippen LogP contribution in [0.3, 0.4) is 0 Å². The summed E-state index contributed by atoms with van der Waals surface area (Å²) in [7, 11) is 0. The van der Waals surface area contributed by atoms with E-state index in [0.717, 1.165) is 30.5 Å². The number of para-hydroxylation sites is 2. The molecule has 2 aromatic carbocycles. The van der Waals surface area contributed by atoms with Gasteiger partial charge >= 0.3 is 5.97 Å². The molecule has 158 valence electrons. The van der Waals surface area contributed by atoms with Crippen molar-refractivity contribution in [2.45, 2.75) is 32.1 Å². The number of carbonyl (C=O) groups is 1. The molecule has 0 spiro atoms. The van der Waals surface area contributed by atoms with Crippen LogP contribution in [0.5, 0.6) is 0 Å². The number of esters is 1. The van der Waals surface area contributed by atoms with E-state index in [1.54, 1.807) is 18.2 Å². The molecule has 0 radical (unpaired) electrons. The van der Waals surface area contributed by atoms with Gasteiger partial charge in [0.1, 0.15) is 0 Å². The maximum absolute atomic E-state index is 12.2. The Morgan fingerprint density at radius 3 is 2.28 bits per heavy atom. The first-order chi connectivity index (χ1) is 14.0. The molecule has 29 heavy (non-hydrogen) atoms. The molecule has 7 nitrogen and oxygen atoms in total. The molecule has 0 amide bonds. The van der Waals surface area contributed by atoms with E-state index in [4.69, 9.17) is 38.4 Å². The number of nitrogens with one attached hydrogen (secondary N) is 1. The van der Waals surface area contributed by atoms with Crippen LogP contribution in [0.25, 0.3) is 0 Å². The number of hydrogen-bond donors (Lipinski definition) is 3. The first kappa shape index (κ1) is 23.4. The van der Waals surface area contributed by atoms with Crippen LogP contribution in [-0.2, 0) is 20.8 Å². The molecular formula is C20H24Cl2N2O5. The number of anilines is 2. The number of ether oxygens (including phenoxy) is 1. The lowest BCUT2D eigenvalue weighted by atomic mass is 10.1. The summed E-state index contributed by atoms with van der Waals surface area (Å²) >= 11 is 12.4. The molecule has 0 aliphatic carbocycles. The number of nitrogens with zero attached hydrogens (tertiary/aromatic N) is 1. The molecule has 0 saturated carbocycles. The van der Waals surface area contributed by atoms with E-state index in [9.17, 15) is 4.79 Å². The molecule has 0 saturated heterocycles. The van der Waals surface area contributed by atoms with Crippen LogP contribution >= 0.6 is 23.2 Å². The Kier molecular flexibility index (Phi) is 10.2. The van der Waals surface area contributed by atoms with E-state index in [2.05, 4.69) is 10.2 Å². The van der Waals surface area contributed by atoms with E-state index in [-0.39, 0.29) is 24.4 Å². The number of carbonyl (C=O) groups excluding carboxylic acids is 1. The SMILES string of the molecule is O=C(Cc1ccccc1Nc1c(Cl)cccc1Cl)OCCCCCCON(O)O. The van der Waals surface area contributed by atoms with Crippen molar-refractivity contribution < 1.29 is 24.8 Å². The van der Waals surface area contributed by atoms with Crippen LogP contribution in [-0.4, -0.2) is 35.0 Å². The molecule has 0 unspecified atom stereocenters. The Morgan fingerprint density at radius 1 is 0.931 bits per heavy atom. The molecule has 2 aromatic rings. The molecule has 0 bridgehead atoms. The third kappa shape index (κ3) is 8.57. The van der Waals surface area contributed by atoms with Gasteiger partial charge in [0.25, 0.3) is 0 Å². The summed E-state index contributed by atoms with van der Waals surface area (Å²) in [5.74, 6) is -0.316. The fourth-order valence-corrected chi connectivity index (χ4v) is 3.14. The van der Waals surface area contributed by atoms with Crippen molar-refractivity contribution in [2.24, 2.45) is 0 Å². The Labute approximate surface area is 179 Å².